The van der Waals surface area contributed by atoms with Gasteiger partial charge in [0, 0.05) is 32.1 Å². The van der Waals surface area contributed by atoms with E-state index in [9.17, 15) is 9.90 Å². The molecule has 0 radical (unpaired) electrons. The van der Waals surface area contributed by atoms with Gasteiger partial charge in [-0.2, -0.15) is 0 Å². The Morgan fingerprint density at radius 2 is 2.00 bits per heavy atom. The highest BCUT2D eigenvalue weighted by Gasteiger charge is 2.14. The number of nitrogens with one attached hydrogen (secondary N) is 1. The molecule has 0 saturated carbocycles. The molecule has 116 valence electrons. The number of ether oxygens (including phenoxy) is 1. The van der Waals surface area contributed by atoms with Crippen LogP contribution < -0.4 is 5.32 Å². The summed E-state index contributed by atoms with van der Waals surface area (Å²) in [5.41, 5.74) is 1.06. The fourth-order valence-corrected chi connectivity index (χ4v) is 2.41. The van der Waals surface area contributed by atoms with Crippen LogP contribution in [0.3, 0.4) is 0 Å². The molecule has 1 fully saturated rings. The van der Waals surface area contributed by atoms with Crippen molar-refractivity contribution in [3.8, 4) is 5.75 Å². The van der Waals surface area contributed by atoms with E-state index in [2.05, 4.69) is 10.2 Å². The third-order valence-electron chi connectivity index (χ3n) is 3.76. The maximum Gasteiger partial charge on any atom is 0.223 e. The van der Waals surface area contributed by atoms with Crippen molar-refractivity contribution in [1.29, 1.82) is 0 Å². The summed E-state index contributed by atoms with van der Waals surface area (Å²) in [7, 11) is 0. The zero-order valence-electron chi connectivity index (χ0n) is 12.5. The van der Waals surface area contributed by atoms with Crippen molar-refractivity contribution < 1.29 is 14.6 Å². The molecule has 0 unspecified atom stereocenters. The number of aromatic hydroxyl groups is 1. The Kier molecular flexibility index (Phi) is 6.02. The highest BCUT2D eigenvalue weighted by atomic mass is 16.5. The lowest BCUT2D eigenvalue weighted by molar-refractivity contribution is -0.124. The number of morpholine rings is 1. The van der Waals surface area contributed by atoms with Crippen LogP contribution in [0.4, 0.5) is 0 Å². The van der Waals surface area contributed by atoms with Gasteiger partial charge in [-0.05, 0) is 24.1 Å². The van der Waals surface area contributed by atoms with Crippen LogP contribution in [0.25, 0.3) is 0 Å². The van der Waals surface area contributed by atoms with E-state index >= 15 is 0 Å². The van der Waals surface area contributed by atoms with Crippen LogP contribution in [0.1, 0.15) is 12.5 Å². The average molecular weight is 292 g/mol. The third kappa shape index (κ3) is 5.36. The number of phenolic OH excluding ortho intramolecular Hbond substituents is 1. The fraction of sp³-hybridized carbons (Fsp3) is 0.562. The third-order valence-corrected chi connectivity index (χ3v) is 3.76. The molecule has 1 heterocycles. The van der Waals surface area contributed by atoms with E-state index in [4.69, 9.17) is 4.74 Å². The maximum absolute atomic E-state index is 12.1. The Hall–Kier alpha value is -1.59. The second-order valence-corrected chi connectivity index (χ2v) is 5.52. The first-order chi connectivity index (χ1) is 10.1. The highest BCUT2D eigenvalue weighted by Crippen LogP contribution is 2.13. The second kappa shape index (κ2) is 8.00. The van der Waals surface area contributed by atoms with Crippen molar-refractivity contribution in [2.45, 2.75) is 13.3 Å². The minimum Gasteiger partial charge on any atom is -0.508 e. The van der Waals surface area contributed by atoms with Crippen LogP contribution in [0.15, 0.2) is 24.3 Å². The van der Waals surface area contributed by atoms with Crippen LogP contribution in [0, 0.1) is 5.92 Å². The molecule has 2 N–H and O–H groups in total. The lowest BCUT2D eigenvalue weighted by Crippen LogP contribution is -2.42. The normalized spacial score (nSPS) is 17.4. The molecule has 0 aromatic heterocycles. The smallest absolute Gasteiger partial charge is 0.223 e. The lowest BCUT2D eigenvalue weighted by Gasteiger charge is -2.26. The topological polar surface area (TPSA) is 61.8 Å². The molecule has 1 atom stereocenters. The van der Waals surface area contributed by atoms with Crippen molar-refractivity contribution in [3.05, 3.63) is 29.8 Å². The van der Waals surface area contributed by atoms with Crippen molar-refractivity contribution in [2.24, 2.45) is 5.92 Å². The van der Waals surface area contributed by atoms with Gasteiger partial charge in [-0.25, -0.2) is 0 Å². The summed E-state index contributed by atoms with van der Waals surface area (Å²) in [5.74, 6) is 0.261. The Morgan fingerprint density at radius 3 is 2.67 bits per heavy atom. The number of benzene rings is 1. The summed E-state index contributed by atoms with van der Waals surface area (Å²) in [6, 6.07) is 7.01. The first-order valence-corrected chi connectivity index (χ1v) is 7.51. The molecule has 5 heteroatoms. The molecular weight excluding hydrogens is 268 g/mol. The first kappa shape index (κ1) is 15.8. The minimum atomic E-state index is -0.0702. The summed E-state index contributed by atoms with van der Waals surface area (Å²) in [4.78, 5) is 14.4. The Balaban J connectivity index is 1.68. The largest absolute Gasteiger partial charge is 0.508 e. The molecule has 1 aliphatic heterocycles. The van der Waals surface area contributed by atoms with E-state index in [0.29, 0.717) is 13.0 Å². The van der Waals surface area contributed by atoms with Gasteiger partial charge in [0.2, 0.25) is 5.91 Å². The van der Waals surface area contributed by atoms with Gasteiger partial charge < -0.3 is 15.2 Å². The van der Waals surface area contributed by atoms with Crippen molar-refractivity contribution in [3.63, 3.8) is 0 Å². The number of phenols is 1. The van der Waals surface area contributed by atoms with Gasteiger partial charge in [-0.1, -0.05) is 19.1 Å². The maximum atomic E-state index is 12.1. The number of hydrogen-bond donors (Lipinski definition) is 2. The van der Waals surface area contributed by atoms with Gasteiger partial charge in [0.25, 0.3) is 0 Å². The predicted octanol–water partition coefficient (Wildman–Crippen LogP) is 1.02. The Morgan fingerprint density at radius 1 is 1.33 bits per heavy atom. The number of nitrogens with zero attached hydrogens (tertiary/aromatic N) is 1. The van der Waals surface area contributed by atoms with E-state index in [1.807, 2.05) is 19.1 Å². The van der Waals surface area contributed by atoms with Crippen LogP contribution in [-0.2, 0) is 16.0 Å². The monoisotopic (exact) mass is 292 g/mol. The number of hydrogen-bond acceptors (Lipinski definition) is 4. The van der Waals surface area contributed by atoms with Crippen molar-refractivity contribution in [1.82, 2.24) is 10.2 Å². The summed E-state index contributed by atoms with van der Waals surface area (Å²) in [5, 5.41) is 12.2. The van der Waals surface area contributed by atoms with Gasteiger partial charge in [-0.15, -0.1) is 0 Å². The molecule has 1 aliphatic rings. The molecule has 0 spiro atoms. The fourth-order valence-electron chi connectivity index (χ4n) is 2.41. The molecule has 1 amide bonds. The summed E-state index contributed by atoms with van der Waals surface area (Å²) < 4.78 is 5.29. The highest BCUT2D eigenvalue weighted by molar-refractivity contribution is 5.78. The van der Waals surface area contributed by atoms with E-state index in [0.717, 1.165) is 38.4 Å². The molecule has 0 aliphatic carbocycles. The van der Waals surface area contributed by atoms with Crippen LogP contribution >= 0.6 is 0 Å². The van der Waals surface area contributed by atoms with Gasteiger partial charge in [0.15, 0.2) is 0 Å². The Bertz CT molecular complexity index is 441. The standard InChI is InChI=1S/C16H24N2O3/c1-13(12-14-2-4-15(19)5-3-14)16(20)17-6-7-18-8-10-21-11-9-18/h2-5,13,19H,6-12H2,1H3,(H,17,20)/t13-/m0/s1. The number of amides is 1. The van der Waals surface area contributed by atoms with E-state index in [1.165, 1.54) is 0 Å². The van der Waals surface area contributed by atoms with Crippen LogP contribution in [0.5, 0.6) is 5.75 Å². The van der Waals surface area contributed by atoms with Gasteiger partial charge >= 0.3 is 0 Å². The zero-order valence-corrected chi connectivity index (χ0v) is 12.5. The minimum absolute atomic E-state index is 0.0702. The molecule has 21 heavy (non-hydrogen) atoms. The van der Waals surface area contributed by atoms with Crippen LogP contribution in [0.2, 0.25) is 0 Å². The van der Waals surface area contributed by atoms with E-state index in [-0.39, 0.29) is 17.6 Å². The molecule has 1 aromatic rings. The van der Waals surface area contributed by atoms with Gasteiger partial charge in [-0.3, -0.25) is 9.69 Å². The molecule has 0 bridgehead atoms. The summed E-state index contributed by atoms with van der Waals surface area (Å²) in [6.07, 6.45) is 0.684. The molecule has 1 saturated heterocycles. The van der Waals surface area contributed by atoms with Crippen molar-refractivity contribution in [2.75, 3.05) is 39.4 Å². The molecule has 1 aromatic carbocycles. The average Bonchev–Trinajstić information content (AvgIpc) is 2.50. The number of carbonyl (C=O) groups is 1. The summed E-state index contributed by atoms with van der Waals surface area (Å²) in [6.45, 7) is 6.94. The van der Waals surface area contributed by atoms with E-state index < -0.39 is 0 Å². The summed E-state index contributed by atoms with van der Waals surface area (Å²) >= 11 is 0. The van der Waals surface area contributed by atoms with Gasteiger partial charge in [0.05, 0.1) is 13.2 Å². The Labute approximate surface area is 125 Å². The second-order valence-electron chi connectivity index (χ2n) is 5.52. The SMILES string of the molecule is C[C@@H](Cc1ccc(O)cc1)C(=O)NCCN1CCOCC1. The van der Waals surface area contributed by atoms with Crippen LogP contribution in [-0.4, -0.2) is 55.3 Å². The molecular formula is C16H24N2O3. The van der Waals surface area contributed by atoms with Gasteiger partial charge in [0.1, 0.15) is 5.75 Å². The number of rotatable bonds is 6. The molecule has 5 nitrogen and oxygen atoms in total. The zero-order chi connectivity index (χ0) is 15.1. The van der Waals surface area contributed by atoms with E-state index in [1.54, 1.807) is 12.1 Å². The number of carbonyl (C=O) groups excluding carboxylic acids is 1. The lowest BCUT2D eigenvalue weighted by atomic mass is 10.0. The van der Waals surface area contributed by atoms with Crippen molar-refractivity contribution >= 4 is 5.91 Å². The first-order valence-electron chi connectivity index (χ1n) is 7.51. The quantitative estimate of drug-likeness (QED) is 0.822. The molecule has 2 rings (SSSR count). The predicted molar refractivity (Wildman–Crippen MR) is 81.2 cm³/mol.